The number of hydrogen-bond acceptors (Lipinski definition) is 5. The number of benzene rings is 3. The first-order chi connectivity index (χ1) is 15.0. The third-order valence-corrected chi connectivity index (χ3v) is 6.08. The highest BCUT2D eigenvalue weighted by molar-refractivity contribution is 6.30. The molecule has 0 saturated heterocycles. The average molecular weight is 434 g/mol. The molecular formula is C25H24ClN3O2. The van der Waals surface area contributed by atoms with Crippen LogP contribution in [-0.2, 0) is 0 Å². The van der Waals surface area contributed by atoms with Crippen LogP contribution >= 0.6 is 11.6 Å². The summed E-state index contributed by atoms with van der Waals surface area (Å²) < 4.78 is 11.8. The maximum atomic E-state index is 6.44. The number of halogens is 1. The van der Waals surface area contributed by atoms with Crippen molar-refractivity contribution >= 4 is 23.0 Å². The predicted octanol–water partition coefficient (Wildman–Crippen LogP) is 5.66. The van der Waals surface area contributed by atoms with Gasteiger partial charge in [0.1, 0.15) is 11.5 Å². The van der Waals surface area contributed by atoms with Gasteiger partial charge in [0.05, 0.1) is 18.9 Å². The van der Waals surface area contributed by atoms with Gasteiger partial charge in [-0.1, -0.05) is 35.9 Å². The number of nitrogens with zero attached hydrogens (tertiary/aromatic N) is 3. The molecule has 2 aliphatic rings. The third-order valence-electron chi connectivity index (χ3n) is 5.85. The van der Waals surface area contributed by atoms with Gasteiger partial charge >= 0.3 is 0 Å². The molecule has 0 amide bonds. The van der Waals surface area contributed by atoms with Crippen LogP contribution in [0.5, 0.6) is 11.5 Å². The smallest absolute Gasteiger partial charge is 0.213 e. The molecule has 0 aliphatic carbocycles. The Bertz CT molecular complexity index is 1140. The van der Waals surface area contributed by atoms with Crippen LogP contribution in [0.2, 0.25) is 5.02 Å². The van der Waals surface area contributed by atoms with Gasteiger partial charge in [-0.25, -0.2) is 5.01 Å². The molecule has 0 unspecified atom stereocenters. The fourth-order valence-electron chi connectivity index (χ4n) is 4.19. The van der Waals surface area contributed by atoms with E-state index >= 15 is 0 Å². The van der Waals surface area contributed by atoms with Crippen LogP contribution in [0.4, 0.5) is 5.69 Å². The average Bonchev–Trinajstić information content (AvgIpc) is 3.25. The van der Waals surface area contributed by atoms with Crippen molar-refractivity contribution in [2.45, 2.75) is 18.7 Å². The van der Waals surface area contributed by atoms with Gasteiger partial charge in [0.25, 0.3) is 0 Å². The Morgan fingerprint density at radius 1 is 1.06 bits per heavy atom. The molecule has 158 valence electrons. The zero-order chi connectivity index (χ0) is 21.5. The van der Waals surface area contributed by atoms with E-state index in [2.05, 4.69) is 40.2 Å². The minimum atomic E-state index is -0.307. The number of hydrazone groups is 1. The van der Waals surface area contributed by atoms with Crippen molar-refractivity contribution in [3.8, 4) is 11.5 Å². The monoisotopic (exact) mass is 433 g/mol. The molecule has 0 spiro atoms. The van der Waals surface area contributed by atoms with Crippen molar-refractivity contribution in [1.82, 2.24) is 5.01 Å². The summed E-state index contributed by atoms with van der Waals surface area (Å²) in [5, 5.41) is 7.78. The van der Waals surface area contributed by atoms with Gasteiger partial charge in [0.2, 0.25) is 6.23 Å². The number of hydrogen-bond donors (Lipinski definition) is 0. The van der Waals surface area contributed by atoms with Crippen LogP contribution in [0, 0.1) is 0 Å². The Kier molecular flexibility index (Phi) is 4.98. The standard InChI is InChI=1S/C25H24ClN3O2/c1-28(2)19-10-7-16(8-11-19)25-29-23(21-14-18(26)9-12-24(21)31-25)15-22(27-29)17-5-4-6-20(13-17)30-3/h4-14,23,25H,15H2,1-3H3/t23-,25-/m1/s1. The largest absolute Gasteiger partial charge is 0.497 e. The number of rotatable bonds is 4. The number of methoxy groups -OCH3 is 1. The second-order valence-electron chi connectivity index (χ2n) is 8.02. The topological polar surface area (TPSA) is 37.3 Å². The van der Waals surface area contributed by atoms with Gasteiger partial charge in [-0.15, -0.1) is 0 Å². The lowest BCUT2D eigenvalue weighted by atomic mass is 9.96. The minimum absolute atomic E-state index is 0.0576. The van der Waals surface area contributed by atoms with Gasteiger partial charge < -0.3 is 14.4 Å². The van der Waals surface area contributed by atoms with Crippen molar-refractivity contribution in [1.29, 1.82) is 0 Å². The summed E-state index contributed by atoms with van der Waals surface area (Å²) in [6, 6.07) is 22.3. The van der Waals surface area contributed by atoms with Gasteiger partial charge in [-0.05, 0) is 42.5 Å². The Morgan fingerprint density at radius 2 is 1.87 bits per heavy atom. The van der Waals surface area contributed by atoms with Gasteiger partial charge in [-0.3, -0.25) is 0 Å². The summed E-state index contributed by atoms with van der Waals surface area (Å²) in [6.07, 6.45) is 0.467. The normalized spacial score (nSPS) is 19.2. The molecule has 0 bridgehead atoms. The van der Waals surface area contributed by atoms with Gasteiger partial charge in [0.15, 0.2) is 0 Å². The number of ether oxygens (including phenoxy) is 2. The third kappa shape index (κ3) is 3.59. The molecule has 0 N–H and O–H groups in total. The Hall–Kier alpha value is -3.18. The Labute approximate surface area is 187 Å². The molecule has 31 heavy (non-hydrogen) atoms. The highest BCUT2D eigenvalue weighted by atomic mass is 35.5. The maximum absolute atomic E-state index is 6.44. The molecule has 0 fully saturated rings. The first kappa shape index (κ1) is 19.8. The van der Waals surface area contributed by atoms with E-state index < -0.39 is 0 Å². The summed E-state index contributed by atoms with van der Waals surface area (Å²) in [6.45, 7) is 0. The molecule has 2 heterocycles. The quantitative estimate of drug-likeness (QED) is 0.532. The van der Waals surface area contributed by atoms with E-state index in [0.29, 0.717) is 5.02 Å². The van der Waals surface area contributed by atoms with E-state index in [4.69, 9.17) is 26.2 Å². The van der Waals surface area contributed by atoms with E-state index in [-0.39, 0.29) is 12.3 Å². The molecule has 5 rings (SSSR count). The van der Waals surface area contributed by atoms with E-state index in [1.165, 1.54) is 0 Å². The van der Waals surface area contributed by atoms with Crippen molar-refractivity contribution in [2.75, 3.05) is 26.1 Å². The van der Waals surface area contributed by atoms with E-state index in [9.17, 15) is 0 Å². The minimum Gasteiger partial charge on any atom is -0.497 e. The molecule has 0 saturated carbocycles. The highest BCUT2D eigenvalue weighted by Crippen LogP contribution is 2.48. The fraction of sp³-hybridized carbons (Fsp3) is 0.240. The highest BCUT2D eigenvalue weighted by Gasteiger charge is 2.41. The number of anilines is 1. The van der Waals surface area contributed by atoms with E-state index in [1.807, 2.05) is 50.5 Å². The second-order valence-corrected chi connectivity index (χ2v) is 8.45. The Morgan fingerprint density at radius 3 is 2.61 bits per heavy atom. The summed E-state index contributed by atoms with van der Waals surface area (Å²) in [7, 11) is 5.75. The molecular weight excluding hydrogens is 410 g/mol. The van der Waals surface area contributed by atoms with Crippen LogP contribution in [0.25, 0.3) is 0 Å². The molecule has 0 aromatic heterocycles. The SMILES string of the molecule is COc1cccc(C2=NN3[C@H](C2)c2cc(Cl)ccc2O[C@@H]3c2ccc(N(C)C)cc2)c1. The van der Waals surface area contributed by atoms with Crippen LogP contribution in [0.3, 0.4) is 0 Å². The maximum Gasteiger partial charge on any atom is 0.213 e. The van der Waals surface area contributed by atoms with E-state index in [1.54, 1.807) is 7.11 Å². The van der Waals surface area contributed by atoms with Gasteiger partial charge in [0, 0.05) is 47.9 Å². The van der Waals surface area contributed by atoms with E-state index in [0.717, 1.165) is 46.0 Å². The van der Waals surface area contributed by atoms with Crippen molar-refractivity contribution in [3.05, 3.63) is 88.4 Å². The van der Waals surface area contributed by atoms with Crippen LogP contribution in [-0.4, -0.2) is 31.9 Å². The molecule has 5 nitrogen and oxygen atoms in total. The van der Waals surface area contributed by atoms with Crippen LogP contribution in [0.15, 0.2) is 71.8 Å². The lowest BCUT2D eigenvalue weighted by Crippen LogP contribution is -2.33. The zero-order valence-electron chi connectivity index (χ0n) is 17.7. The number of fused-ring (bicyclic) bond motifs is 3. The lowest BCUT2D eigenvalue weighted by Gasteiger charge is -2.38. The summed E-state index contributed by atoms with van der Waals surface area (Å²) in [5.74, 6) is 1.68. The molecule has 6 heteroatoms. The summed E-state index contributed by atoms with van der Waals surface area (Å²) in [5.41, 5.74) is 5.33. The van der Waals surface area contributed by atoms with Crippen molar-refractivity contribution in [2.24, 2.45) is 5.10 Å². The first-order valence-electron chi connectivity index (χ1n) is 10.3. The predicted molar refractivity (Wildman–Crippen MR) is 124 cm³/mol. The Balaban J connectivity index is 1.57. The zero-order valence-corrected chi connectivity index (χ0v) is 18.5. The molecule has 3 aromatic carbocycles. The fourth-order valence-corrected chi connectivity index (χ4v) is 4.37. The van der Waals surface area contributed by atoms with Gasteiger partial charge in [-0.2, -0.15) is 5.10 Å². The van der Waals surface area contributed by atoms with Crippen LogP contribution < -0.4 is 14.4 Å². The summed E-state index contributed by atoms with van der Waals surface area (Å²) >= 11 is 6.33. The summed E-state index contributed by atoms with van der Waals surface area (Å²) in [4.78, 5) is 2.08. The first-order valence-corrected chi connectivity index (χ1v) is 10.6. The lowest BCUT2D eigenvalue weighted by molar-refractivity contribution is -0.0190. The second kappa shape index (κ2) is 7.82. The molecule has 2 atom stereocenters. The van der Waals surface area contributed by atoms with Crippen LogP contribution in [0.1, 0.15) is 35.4 Å². The molecule has 3 aromatic rings. The molecule has 2 aliphatic heterocycles. The van der Waals surface area contributed by atoms with Crippen molar-refractivity contribution < 1.29 is 9.47 Å². The van der Waals surface area contributed by atoms with Crippen molar-refractivity contribution in [3.63, 3.8) is 0 Å². The molecule has 0 radical (unpaired) electrons.